The van der Waals surface area contributed by atoms with Crippen LogP contribution in [-0.4, -0.2) is 39.9 Å². The molecule has 0 saturated heterocycles. The predicted molar refractivity (Wildman–Crippen MR) is 108 cm³/mol. The predicted octanol–water partition coefficient (Wildman–Crippen LogP) is 1.98. The van der Waals surface area contributed by atoms with Gasteiger partial charge < -0.3 is 39.9 Å². The minimum Gasteiger partial charge on any atom is -0.454 e. The highest BCUT2D eigenvalue weighted by atomic mass is 16.7. The van der Waals surface area contributed by atoms with Gasteiger partial charge in [0.05, 0.1) is 25.4 Å². The van der Waals surface area contributed by atoms with Gasteiger partial charge in [-0.25, -0.2) is 0 Å². The highest BCUT2D eigenvalue weighted by Gasteiger charge is 2.30. The summed E-state index contributed by atoms with van der Waals surface area (Å²) in [6.07, 6.45) is 1.74. The van der Waals surface area contributed by atoms with Gasteiger partial charge in [0, 0.05) is 24.2 Å². The quantitative estimate of drug-likeness (QED) is 0.768. The molecule has 0 saturated carbocycles. The fourth-order valence-corrected chi connectivity index (χ4v) is 4.37. The van der Waals surface area contributed by atoms with Crippen LogP contribution in [0.1, 0.15) is 34.5 Å². The molecular weight excluding hydrogens is 388 g/mol. The van der Waals surface area contributed by atoms with E-state index in [1.807, 2.05) is 12.1 Å². The lowest BCUT2D eigenvalue weighted by Gasteiger charge is -2.25. The van der Waals surface area contributed by atoms with Crippen molar-refractivity contribution in [3.63, 3.8) is 0 Å². The van der Waals surface area contributed by atoms with E-state index in [2.05, 4.69) is 12.1 Å². The summed E-state index contributed by atoms with van der Waals surface area (Å²) in [6, 6.07) is 8.07. The van der Waals surface area contributed by atoms with Gasteiger partial charge in [-0.15, -0.1) is 0 Å². The van der Waals surface area contributed by atoms with E-state index in [1.165, 1.54) is 11.1 Å². The average molecular weight is 414 g/mol. The highest BCUT2D eigenvalue weighted by Crippen LogP contribution is 2.44. The third-order valence-electron chi connectivity index (χ3n) is 5.79. The first-order valence-electron chi connectivity index (χ1n) is 10.3. The Morgan fingerprint density at radius 2 is 1.13 bits per heavy atom. The van der Waals surface area contributed by atoms with Crippen LogP contribution in [0.15, 0.2) is 24.3 Å². The van der Waals surface area contributed by atoms with Crippen molar-refractivity contribution in [2.75, 3.05) is 39.9 Å². The molecule has 2 aromatic carbocycles. The van der Waals surface area contributed by atoms with Crippen LogP contribution in [0.3, 0.4) is 0 Å². The summed E-state index contributed by atoms with van der Waals surface area (Å²) in [5, 5.41) is 0. The summed E-state index contributed by atoms with van der Waals surface area (Å²) in [5.41, 5.74) is 16.1. The Morgan fingerprint density at radius 3 is 1.57 bits per heavy atom. The molecule has 6 rings (SSSR count). The Labute approximate surface area is 174 Å². The number of benzene rings is 2. The van der Waals surface area contributed by atoms with E-state index in [4.69, 9.17) is 39.9 Å². The minimum atomic E-state index is -0.0506. The molecular formula is C22H26N2O6. The first-order chi connectivity index (χ1) is 14.8. The van der Waals surface area contributed by atoms with Gasteiger partial charge in [0.2, 0.25) is 13.6 Å². The van der Waals surface area contributed by atoms with E-state index in [-0.39, 0.29) is 12.2 Å². The lowest BCUT2D eigenvalue weighted by Crippen LogP contribution is -2.23. The fourth-order valence-electron chi connectivity index (χ4n) is 4.37. The molecule has 0 aliphatic carbocycles. The second-order valence-corrected chi connectivity index (χ2v) is 7.43. The fraction of sp³-hybridized carbons (Fsp3) is 0.455. The number of nitrogens with two attached hydrogens (primary N) is 2. The van der Waals surface area contributed by atoms with Gasteiger partial charge in [0.15, 0.2) is 23.0 Å². The highest BCUT2D eigenvalue weighted by molar-refractivity contribution is 5.55. The van der Waals surface area contributed by atoms with Crippen LogP contribution in [0.25, 0.3) is 0 Å². The lowest BCUT2D eigenvalue weighted by molar-refractivity contribution is 0.0459. The lowest BCUT2D eigenvalue weighted by atomic mass is 9.96. The number of hydrogen-bond acceptors (Lipinski definition) is 8. The summed E-state index contributed by atoms with van der Waals surface area (Å²) in [6.45, 7) is 3.01. The molecule has 0 spiro atoms. The van der Waals surface area contributed by atoms with E-state index < -0.39 is 0 Å². The number of rotatable bonds is 2. The van der Waals surface area contributed by atoms with Crippen LogP contribution in [0, 0.1) is 0 Å². The summed E-state index contributed by atoms with van der Waals surface area (Å²) >= 11 is 0. The zero-order valence-corrected chi connectivity index (χ0v) is 16.7. The van der Waals surface area contributed by atoms with Crippen molar-refractivity contribution in [2.24, 2.45) is 11.5 Å². The molecule has 4 heterocycles. The van der Waals surface area contributed by atoms with E-state index in [9.17, 15) is 0 Å². The molecule has 30 heavy (non-hydrogen) atoms. The third kappa shape index (κ3) is 3.35. The Hall–Kier alpha value is -2.52. The maximum atomic E-state index is 5.69. The molecule has 0 aromatic heterocycles. The molecule has 2 atom stereocenters. The minimum absolute atomic E-state index is 0.0506. The Morgan fingerprint density at radius 1 is 0.667 bits per heavy atom. The Balaban J connectivity index is 0.000000128. The number of fused-ring (bicyclic) bond motifs is 6. The van der Waals surface area contributed by atoms with Crippen LogP contribution >= 0.6 is 0 Å². The summed E-state index contributed by atoms with van der Waals surface area (Å²) < 4.78 is 32.9. The van der Waals surface area contributed by atoms with Gasteiger partial charge in [-0.2, -0.15) is 0 Å². The Kier molecular flexibility index (Phi) is 5.39. The van der Waals surface area contributed by atoms with E-state index in [1.54, 1.807) is 0 Å². The molecule has 0 radical (unpaired) electrons. The van der Waals surface area contributed by atoms with Crippen LogP contribution in [0.2, 0.25) is 0 Å². The molecule has 4 N–H and O–H groups in total. The molecule has 0 bridgehead atoms. The van der Waals surface area contributed by atoms with Crippen molar-refractivity contribution >= 4 is 0 Å². The molecule has 4 aliphatic rings. The summed E-state index contributed by atoms with van der Waals surface area (Å²) in [7, 11) is 0. The summed E-state index contributed by atoms with van der Waals surface area (Å²) in [5.74, 6) is 3.25. The van der Waals surface area contributed by atoms with Gasteiger partial charge in [-0.3, -0.25) is 0 Å². The topological polar surface area (TPSA) is 107 Å². The largest absolute Gasteiger partial charge is 0.454 e. The van der Waals surface area contributed by atoms with Crippen molar-refractivity contribution in [3.8, 4) is 23.0 Å². The van der Waals surface area contributed by atoms with Gasteiger partial charge in [-0.05, 0) is 36.1 Å². The first-order valence-corrected chi connectivity index (χ1v) is 10.3. The van der Waals surface area contributed by atoms with Crippen molar-refractivity contribution in [1.29, 1.82) is 0 Å². The molecule has 160 valence electrons. The number of hydrogen-bond donors (Lipinski definition) is 2. The van der Waals surface area contributed by atoms with Gasteiger partial charge >= 0.3 is 0 Å². The second kappa shape index (κ2) is 8.31. The van der Waals surface area contributed by atoms with Gasteiger partial charge in [0.25, 0.3) is 0 Å². The zero-order valence-electron chi connectivity index (χ0n) is 16.7. The van der Waals surface area contributed by atoms with Gasteiger partial charge in [0.1, 0.15) is 0 Å². The maximum absolute atomic E-state index is 5.69. The molecule has 8 nitrogen and oxygen atoms in total. The monoisotopic (exact) mass is 414 g/mol. The molecule has 0 unspecified atom stereocenters. The molecule has 8 heteroatoms. The average Bonchev–Trinajstić information content (AvgIpc) is 3.47. The van der Waals surface area contributed by atoms with Crippen LogP contribution in [-0.2, 0) is 22.3 Å². The molecule has 4 aliphatic heterocycles. The maximum Gasteiger partial charge on any atom is 0.231 e. The van der Waals surface area contributed by atoms with Crippen molar-refractivity contribution < 1.29 is 28.4 Å². The zero-order chi connectivity index (χ0) is 20.5. The Bertz CT molecular complexity index is 859. The molecule has 0 amide bonds. The van der Waals surface area contributed by atoms with Crippen molar-refractivity contribution in [2.45, 2.75) is 25.0 Å². The van der Waals surface area contributed by atoms with Crippen LogP contribution < -0.4 is 30.4 Å². The van der Waals surface area contributed by atoms with Crippen molar-refractivity contribution in [3.05, 3.63) is 46.5 Å². The van der Waals surface area contributed by atoms with Crippen LogP contribution in [0.4, 0.5) is 0 Å². The smallest absolute Gasteiger partial charge is 0.231 e. The van der Waals surface area contributed by atoms with Gasteiger partial charge in [-0.1, -0.05) is 12.1 Å². The third-order valence-corrected chi connectivity index (χ3v) is 5.79. The SMILES string of the molecule is NC[C@@H]1OCCc2ccc3c(c21)OCO3.NC[C@H]1OCCc2ccc3c(c21)OCO3. The van der Waals surface area contributed by atoms with E-state index in [0.717, 1.165) is 60.2 Å². The normalized spacial score (nSPS) is 22.6. The van der Waals surface area contributed by atoms with E-state index >= 15 is 0 Å². The summed E-state index contributed by atoms with van der Waals surface area (Å²) in [4.78, 5) is 0. The standard InChI is InChI=1S/2C11H13NO3/c2*12-5-9-10-7(3-4-13-9)1-2-8-11(10)15-6-14-8/h2*1-2,9H,3-6,12H2/t2*9-/m10/s1. The van der Waals surface area contributed by atoms with Crippen LogP contribution in [0.5, 0.6) is 23.0 Å². The molecule has 0 fully saturated rings. The number of ether oxygens (including phenoxy) is 6. The van der Waals surface area contributed by atoms with E-state index in [0.29, 0.717) is 26.7 Å². The van der Waals surface area contributed by atoms with Crippen molar-refractivity contribution in [1.82, 2.24) is 0 Å². The molecule has 2 aromatic rings. The second-order valence-electron chi connectivity index (χ2n) is 7.43. The first kappa shape index (κ1) is 19.4.